The Morgan fingerprint density at radius 2 is 1.65 bits per heavy atom. The van der Waals surface area contributed by atoms with Crippen LogP contribution >= 0.6 is 0 Å². The molecule has 0 aromatic heterocycles. The van der Waals surface area contributed by atoms with E-state index in [0.717, 1.165) is 23.2 Å². The van der Waals surface area contributed by atoms with Crippen LogP contribution in [0.15, 0.2) is 78.9 Å². The molecule has 1 aliphatic heterocycles. The largest absolute Gasteiger partial charge is 0.337 e. The minimum absolute atomic E-state index is 0.0620. The van der Waals surface area contributed by atoms with Crippen LogP contribution in [0.4, 0.5) is 11.4 Å². The van der Waals surface area contributed by atoms with Gasteiger partial charge < -0.3 is 15.1 Å². The van der Waals surface area contributed by atoms with E-state index in [4.69, 9.17) is 0 Å². The SMILES string of the molecule is CCc1ccccc1N1CC(C(=O)Nc2ccccc2C(=O)N(C)Cc2ccccc2)CC1=O. The fraction of sp³-hybridized carbons (Fsp3) is 0.250. The Hall–Kier alpha value is -3.93. The molecule has 3 aromatic carbocycles. The predicted molar refractivity (Wildman–Crippen MR) is 134 cm³/mol. The summed E-state index contributed by atoms with van der Waals surface area (Å²) in [7, 11) is 1.74. The first-order valence-electron chi connectivity index (χ1n) is 11.6. The number of benzene rings is 3. The Bertz CT molecular complexity index is 1190. The summed E-state index contributed by atoms with van der Waals surface area (Å²) in [5.74, 6) is -0.979. The van der Waals surface area contributed by atoms with Crippen LogP contribution in [-0.4, -0.2) is 36.2 Å². The summed E-state index contributed by atoms with van der Waals surface area (Å²) in [6.07, 6.45) is 0.955. The Balaban J connectivity index is 1.47. The zero-order valence-electron chi connectivity index (χ0n) is 19.5. The zero-order chi connectivity index (χ0) is 24.1. The van der Waals surface area contributed by atoms with Crippen LogP contribution in [-0.2, 0) is 22.6 Å². The molecule has 4 rings (SSSR count). The summed E-state index contributed by atoms with van der Waals surface area (Å²) in [5.41, 5.74) is 3.85. The maximum Gasteiger partial charge on any atom is 0.256 e. The summed E-state index contributed by atoms with van der Waals surface area (Å²) in [6.45, 7) is 2.84. The first-order chi connectivity index (χ1) is 16.5. The van der Waals surface area contributed by atoms with Crippen molar-refractivity contribution in [3.8, 4) is 0 Å². The van der Waals surface area contributed by atoms with Crippen molar-refractivity contribution in [1.29, 1.82) is 0 Å². The molecule has 6 heteroatoms. The molecule has 0 spiro atoms. The number of anilines is 2. The second kappa shape index (κ2) is 10.3. The number of carbonyl (C=O) groups excluding carboxylic acids is 3. The minimum Gasteiger partial charge on any atom is -0.337 e. The number of hydrogen-bond donors (Lipinski definition) is 1. The lowest BCUT2D eigenvalue weighted by molar-refractivity contribution is -0.122. The van der Waals surface area contributed by atoms with Crippen molar-refractivity contribution < 1.29 is 14.4 Å². The van der Waals surface area contributed by atoms with E-state index in [2.05, 4.69) is 5.32 Å². The van der Waals surface area contributed by atoms with Crippen LogP contribution in [0.25, 0.3) is 0 Å². The highest BCUT2D eigenvalue weighted by Crippen LogP contribution is 2.29. The van der Waals surface area contributed by atoms with Gasteiger partial charge in [-0.3, -0.25) is 14.4 Å². The van der Waals surface area contributed by atoms with Crippen molar-refractivity contribution in [2.75, 3.05) is 23.8 Å². The second-order valence-corrected chi connectivity index (χ2v) is 8.57. The van der Waals surface area contributed by atoms with Crippen LogP contribution in [0.1, 0.15) is 34.8 Å². The first kappa shape index (κ1) is 23.2. The van der Waals surface area contributed by atoms with Crippen LogP contribution < -0.4 is 10.2 Å². The monoisotopic (exact) mass is 455 g/mol. The fourth-order valence-corrected chi connectivity index (χ4v) is 4.34. The smallest absolute Gasteiger partial charge is 0.256 e. The quantitative estimate of drug-likeness (QED) is 0.570. The van der Waals surface area contributed by atoms with E-state index in [0.29, 0.717) is 24.3 Å². The number of nitrogens with zero attached hydrogens (tertiary/aromatic N) is 2. The highest BCUT2D eigenvalue weighted by Gasteiger charge is 2.36. The van der Waals surface area contributed by atoms with Gasteiger partial charge >= 0.3 is 0 Å². The number of aryl methyl sites for hydroxylation is 1. The van der Waals surface area contributed by atoms with Crippen LogP contribution in [0.2, 0.25) is 0 Å². The molecule has 1 fully saturated rings. The lowest BCUT2D eigenvalue weighted by Gasteiger charge is -2.21. The second-order valence-electron chi connectivity index (χ2n) is 8.57. The van der Waals surface area contributed by atoms with Gasteiger partial charge in [-0.25, -0.2) is 0 Å². The van der Waals surface area contributed by atoms with Gasteiger partial charge in [-0.1, -0.05) is 67.6 Å². The summed E-state index contributed by atoms with van der Waals surface area (Å²) in [6, 6.07) is 24.5. The fourth-order valence-electron chi connectivity index (χ4n) is 4.34. The van der Waals surface area contributed by atoms with E-state index in [1.807, 2.05) is 61.5 Å². The summed E-state index contributed by atoms with van der Waals surface area (Å²) >= 11 is 0. The highest BCUT2D eigenvalue weighted by molar-refractivity contribution is 6.07. The van der Waals surface area contributed by atoms with Crippen molar-refractivity contribution in [2.45, 2.75) is 26.3 Å². The average Bonchev–Trinajstić information content (AvgIpc) is 3.26. The van der Waals surface area contributed by atoms with E-state index in [1.165, 1.54) is 0 Å². The number of hydrogen-bond acceptors (Lipinski definition) is 3. The molecular weight excluding hydrogens is 426 g/mol. The number of carbonyl (C=O) groups is 3. The summed E-state index contributed by atoms with van der Waals surface area (Å²) in [5, 5.41) is 2.91. The average molecular weight is 456 g/mol. The van der Waals surface area contributed by atoms with Crippen molar-refractivity contribution in [3.63, 3.8) is 0 Å². The Morgan fingerprint density at radius 1 is 0.971 bits per heavy atom. The van der Waals surface area contributed by atoms with E-state index < -0.39 is 5.92 Å². The van der Waals surface area contributed by atoms with Gasteiger partial charge in [-0.05, 0) is 35.7 Å². The molecule has 1 atom stereocenters. The minimum atomic E-state index is -0.484. The Labute approximate surface area is 200 Å². The van der Waals surface area contributed by atoms with Gasteiger partial charge in [0.05, 0.1) is 17.2 Å². The number of rotatable bonds is 7. The molecule has 1 heterocycles. The molecule has 174 valence electrons. The van der Waals surface area contributed by atoms with Gasteiger partial charge in [-0.15, -0.1) is 0 Å². The van der Waals surface area contributed by atoms with Gasteiger partial charge in [0.1, 0.15) is 0 Å². The van der Waals surface area contributed by atoms with Crippen molar-refractivity contribution in [1.82, 2.24) is 4.90 Å². The molecule has 1 unspecified atom stereocenters. The zero-order valence-corrected chi connectivity index (χ0v) is 19.5. The van der Waals surface area contributed by atoms with E-state index in [9.17, 15) is 14.4 Å². The van der Waals surface area contributed by atoms with Gasteiger partial charge in [-0.2, -0.15) is 0 Å². The third kappa shape index (κ3) is 5.01. The van der Waals surface area contributed by atoms with E-state index in [1.54, 1.807) is 41.1 Å². The van der Waals surface area contributed by atoms with Gasteiger partial charge in [0.15, 0.2) is 0 Å². The molecule has 1 aliphatic rings. The molecule has 3 aromatic rings. The van der Waals surface area contributed by atoms with Crippen molar-refractivity contribution in [3.05, 3.63) is 95.6 Å². The van der Waals surface area contributed by atoms with Crippen LogP contribution in [0.5, 0.6) is 0 Å². The topological polar surface area (TPSA) is 69.7 Å². The molecule has 0 radical (unpaired) electrons. The third-order valence-electron chi connectivity index (χ3n) is 6.18. The number of nitrogens with one attached hydrogen (secondary N) is 1. The molecule has 1 saturated heterocycles. The maximum absolute atomic E-state index is 13.1. The van der Waals surface area contributed by atoms with Gasteiger partial charge in [0.25, 0.3) is 5.91 Å². The Morgan fingerprint density at radius 3 is 2.41 bits per heavy atom. The molecule has 1 N–H and O–H groups in total. The van der Waals surface area contributed by atoms with Crippen LogP contribution in [0.3, 0.4) is 0 Å². The molecule has 6 nitrogen and oxygen atoms in total. The van der Waals surface area contributed by atoms with E-state index in [-0.39, 0.29) is 24.1 Å². The first-order valence-corrected chi connectivity index (χ1v) is 11.6. The lowest BCUT2D eigenvalue weighted by Crippen LogP contribution is -2.30. The van der Waals surface area contributed by atoms with Gasteiger partial charge in [0.2, 0.25) is 11.8 Å². The molecule has 3 amide bonds. The summed E-state index contributed by atoms with van der Waals surface area (Å²) < 4.78 is 0. The predicted octanol–water partition coefficient (Wildman–Crippen LogP) is 4.51. The van der Waals surface area contributed by atoms with Crippen LogP contribution in [0, 0.1) is 5.92 Å². The van der Waals surface area contributed by atoms with Crippen molar-refractivity contribution >= 4 is 29.1 Å². The van der Waals surface area contributed by atoms with E-state index >= 15 is 0 Å². The summed E-state index contributed by atoms with van der Waals surface area (Å²) in [4.78, 5) is 42.3. The number of para-hydroxylation sites is 2. The molecule has 0 bridgehead atoms. The van der Waals surface area contributed by atoms with Gasteiger partial charge in [0, 0.05) is 32.2 Å². The standard InChI is InChI=1S/C28H29N3O3/c1-3-21-13-7-10-16-25(21)31-19-22(17-26(31)32)27(33)29-24-15-9-8-14-23(24)28(34)30(2)18-20-11-5-4-6-12-20/h4-16,22H,3,17-19H2,1-2H3,(H,29,33). The lowest BCUT2D eigenvalue weighted by atomic mass is 10.1. The maximum atomic E-state index is 13.1. The highest BCUT2D eigenvalue weighted by atomic mass is 16.2. The molecular formula is C28H29N3O3. The Kier molecular flexibility index (Phi) is 7.07. The third-order valence-corrected chi connectivity index (χ3v) is 6.18. The molecule has 34 heavy (non-hydrogen) atoms. The molecule has 0 aliphatic carbocycles. The molecule has 0 saturated carbocycles. The normalized spacial score (nSPS) is 15.3. The van der Waals surface area contributed by atoms with Crippen molar-refractivity contribution in [2.24, 2.45) is 5.92 Å². The number of amides is 3.